The summed E-state index contributed by atoms with van der Waals surface area (Å²) < 4.78 is 5.02. The molecule has 0 aromatic carbocycles. The molecule has 2 unspecified atom stereocenters. The van der Waals surface area contributed by atoms with E-state index in [9.17, 15) is 0 Å². The van der Waals surface area contributed by atoms with Gasteiger partial charge in [-0.25, -0.2) is 0 Å². The van der Waals surface area contributed by atoms with Gasteiger partial charge in [-0.1, -0.05) is 6.42 Å². The lowest BCUT2D eigenvalue weighted by Gasteiger charge is -2.38. The summed E-state index contributed by atoms with van der Waals surface area (Å²) in [5, 5.41) is 6.62. The Morgan fingerprint density at radius 1 is 1.42 bits per heavy atom. The second-order valence-electron chi connectivity index (χ2n) is 5.30. The number of hydrogen-bond acceptors (Lipinski definition) is 3. The lowest BCUT2D eigenvalue weighted by Crippen LogP contribution is -2.50. The molecule has 0 bridgehead atoms. The van der Waals surface area contributed by atoms with Gasteiger partial charge >= 0.3 is 0 Å². The number of nitrogens with zero attached hydrogens (tertiary/aromatic N) is 2. The lowest BCUT2D eigenvalue weighted by atomic mass is 10.0. The van der Waals surface area contributed by atoms with Gasteiger partial charge in [-0.15, -0.1) is 0 Å². The summed E-state index contributed by atoms with van der Waals surface area (Å²) in [6.07, 6.45) is 4.03. The van der Waals surface area contributed by atoms with Crippen molar-refractivity contribution in [3.05, 3.63) is 0 Å². The number of guanidine groups is 1. The monoisotopic (exact) mass is 270 g/mol. The Kier molecular flexibility index (Phi) is 7.82. The molecule has 5 heteroatoms. The minimum atomic E-state index is 0.538. The molecule has 0 spiro atoms. The van der Waals surface area contributed by atoms with Crippen molar-refractivity contribution in [2.45, 2.75) is 45.2 Å². The van der Waals surface area contributed by atoms with Crippen molar-refractivity contribution in [2.75, 3.05) is 40.4 Å². The van der Waals surface area contributed by atoms with E-state index >= 15 is 0 Å². The van der Waals surface area contributed by atoms with Crippen LogP contribution in [0.5, 0.6) is 0 Å². The van der Waals surface area contributed by atoms with Gasteiger partial charge in [0.2, 0.25) is 0 Å². The largest absolute Gasteiger partial charge is 0.383 e. The molecule has 5 nitrogen and oxygen atoms in total. The summed E-state index contributed by atoms with van der Waals surface area (Å²) in [4.78, 5) is 6.81. The molecular weight excluding hydrogens is 240 g/mol. The van der Waals surface area contributed by atoms with Gasteiger partial charge in [0.05, 0.1) is 6.61 Å². The van der Waals surface area contributed by atoms with Gasteiger partial charge in [-0.3, -0.25) is 9.89 Å². The lowest BCUT2D eigenvalue weighted by molar-refractivity contribution is 0.115. The maximum Gasteiger partial charge on any atom is 0.191 e. The predicted octanol–water partition coefficient (Wildman–Crippen LogP) is 1.06. The fraction of sp³-hybridized carbons (Fsp3) is 0.929. The van der Waals surface area contributed by atoms with Crippen molar-refractivity contribution in [3.8, 4) is 0 Å². The normalized spacial score (nSPS) is 23.2. The van der Waals surface area contributed by atoms with Crippen LogP contribution in [-0.4, -0.2) is 63.3 Å². The Balaban J connectivity index is 2.29. The first-order valence-electron chi connectivity index (χ1n) is 7.38. The molecule has 1 fully saturated rings. The smallest absolute Gasteiger partial charge is 0.191 e. The fourth-order valence-corrected chi connectivity index (χ4v) is 2.63. The Bertz CT molecular complexity index is 270. The molecule has 0 aromatic heterocycles. The van der Waals surface area contributed by atoms with Gasteiger partial charge in [-0.05, 0) is 33.2 Å². The Morgan fingerprint density at radius 3 is 2.84 bits per heavy atom. The van der Waals surface area contributed by atoms with Crippen LogP contribution in [0, 0.1) is 0 Å². The van der Waals surface area contributed by atoms with Gasteiger partial charge < -0.3 is 15.4 Å². The first kappa shape index (κ1) is 16.2. The Labute approximate surface area is 117 Å². The summed E-state index contributed by atoms with van der Waals surface area (Å²) in [6.45, 7) is 8.25. The summed E-state index contributed by atoms with van der Waals surface area (Å²) >= 11 is 0. The molecule has 2 atom stereocenters. The zero-order valence-electron chi connectivity index (χ0n) is 12.9. The summed E-state index contributed by atoms with van der Waals surface area (Å²) in [5.41, 5.74) is 0. The molecule has 1 rings (SSSR count). The van der Waals surface area contributed by atoms with Crippen LogP contribution in [0.4, 0.5) is 0 Å². The van der Waals surface area contributed by atoms with E-state index in [4.69, 9.17) is 4.74 Å². The van der Waals surface area contributed by atoms with Crippen LogP contribution in [0.1, 0.15) is 33.1 Å². The van der Waals surface area contributed by atoms with Crippen LogP contribution in [0.2, 0.25) is 0 Å². The number of nitrogens with one attached hydrogen (secondary N) is 2. The molecule has 19 heavy (non-hydrogen) atoms. The minimum absolute atomic E-state index is 0.538. The predicted molar refractivity (Wildman–Crippen MR) is 80.7 cm³/mol. The number of methoxy groups -OCH3 is 1. The highest BCUT2D eigenvalue weighted by atomic mass is 16.5. The maximum absolute atomic E-state index is 5.02. The molecule has 1 aliphatic rings. The van der Waals surface area contributed by atoms with Crippen molar-refractivity contribution >= 4 is 5.96 Å². The quantitative estimate of drug-likeness (QED) is 0.430. The number of piperidine rings is 1. The molecule has 0 aliphatic carbocycles. The van der Waals surface area contributed by atoms with E-state index < -0.39 is 0 Å². The van der Waals surface area contributed by atoms with Gasteiger partial charge in [0, 0.05) is 39.3 Å². The van der Waals surface area contributed by atoms with Crippen LogP contribution in [0.3, 0.4) is 0 Å². The van der Waals surface area contributed by atoms with Crippen molar-refractivity contribution < 1.29 is 4.74 Å². The highest BCUT2D eigenvalue weighted by Crippen LogP contribution is 2.18. The zero-order valence-corrected chi connectivity index (χ0v) is 12.9. The van der Waals surface area contributed by atoms with E-state index in [0.717, 1.165) is 19.0 Å². The van der Waals surface area contributed by atoms with Crippen molar-refractivity contribution in [3.63, 3.8) is 0 Å². The van der Waals surface area contributed by atoms with Crippen LogP contribution in [0.25, 0.3) is 0 Å². The third-order valence-corrected chi connectivity index (χ3v) is 3.81. The molecular formula is C14H30N4O. The molecule has 0 saturated carbocycles. The fourth-order valence-electron chi connectivity index (χ4n) is 2.63. The Hall–Kier alpha value is -0.810. The van der Waals surface area contributed by atoms with E-state index in [2.05, 4.69) is 34.4 Å². The van der Waals surface area contributed by atoms with Gasteiger partial charge in [0.1, 0.15) is 0 Å². The van der Waals surface area contributed by atoms with E-state index in [-0.39, 0.29) is 0 Å². The molecule has 0 radical (unpaired) electrons. The first-order valence-corrected chi connectivity index (χ1v) is 7.38. The zero-order chi connectivity index (χ0) is 14.1. The summed E-state index contributed by atoms with van der Waals surface area (Å²) in [6, 6.07) is 1.24. The van der Waals surface area contributed by atoms with Crippen LogP contribution in [-0.2, 0) is 4.74 Å². The Morgan fingerprint density at radius 2 is 2.21 bits per heavy atom. The third-order valence-electron chi connectivity index (χ3n) is 3.81. The third kappa shape index (κ3) is 5.78. The highest BCUT2D eigenvalue weighted by Gasteiger charge is 2.22. The van der Waals surface area contributed by atoms with E-state index in [1.54, 1.807) is 14.2 Å². The second kappa shape index (κ2) is 9.15. The average molecular weight is 270 g/mol. The van der Waals surface area contributed by atoms with Gasteiger partial charge in [-0.2, -0.15) is 0 Å². The molecule has 1 saturated heterocycles. The van der Waals surface area contributed by atoms with Crippen LogP contribution >= 0.6 is 0 Å². The van der Waals surface area contributed by atoms with Crippen LogP contribution in [0.15, 0.2) is 4.99 Å². The number of ether oxygens (including phenoxy) is 1. The van der Waals surface area contributed by atoms with Crippen LogP contribution < -0.4 is 10.6 Å². The van der Waals surface area contributed by atoms with E-state index in [1.807, 2.05) is 0 Å². The number of aliphatic imine (C=N–C) groups is 1. The topological polar surface area (TPSA) is 48.9 Å². The maximum atomic E-state index is 5.02. The number of likely N-dealkylation sites (tertiary alicyclic amines) is 1. The molecule has 2 N–H and O–H groups in total. The summed E-state index contributed by atoms with van der Waals surface area (Å²) in [5.74, 6) is 0.855. The number of rotatable bonds is 6. The average Bonchev–Trinajstić information content (AvgIpc) is 2.43. The molecule has 112 valence electrons. The number of hydrogen-bond donors (Lipinski definition) is 2. The van der Waals surface area contributed by atoms with E-state index in [0.29, 0.717) is 18.7 Å². The van der Waals surface area contributed by atoms with Gasteiger partial charge in [0.25, 0.3) is 0 Å². The second-order valence-corrected chi connectivity index (χ2v) is 5.30. The molecule has 1 heterocycles. The first-order chi connectivity index (χ1) is 9.19. The van der Waals surface area contributed by atoms with Crippen molar-refractivity contribution in [2.24, 2.45) is 4.99 Å². The standard InChI is InChI=1S/C14H30N4O/c1-12-7-5-6-9-18(12)13(2)11-17-14(15-3)16-8-10-19-4/h12-13H,5-11H2,1-4H3,(H2,15,16,17). The molecule has 0 amide bonds. The SMILES string of the molecule is CN=C(NCCOC)NCC(C)N1CCCCC1C. The van der Waals surface area contributed by atoms with E-state index in [1.165, 1.54) is 25.8 Å². The molecule has 1 aliphatic heterocycles. The van der Waals surface area contributed by atoms with Gasteiger partial charge in [0.15, 0.2) is 5.96 Å². The molecule has 0 aromatic rings. The van der Waals surface area contributed by atoms with Crippen molar-refractivity contribution in [1.29, 1.82) is 0 Å². The minimum Gasteiger partial charge on any atom is -0.383 e. The van der Waals surface area contributed by atoms with Crippen molar-refractivity contribution in [1.82, 2.24) is 15.5 Å². The summed E-state index contributed by atoms with van der Waals surface area (Å²) in [7, 11) is 3.51. The highest BCUT2D eigenvalue weighted by molar-refractivity contribution is 5.79.